The zero-order valence-electron chi connectivity index (χ0n) is 13.8. The van der Waals surface area contributed by atoms with Crippen molar-refractivity contribution in [2.75, 3.05) is 27.4 Å². The first kappa shape index (κ1) is 20.2. The minimum Gasteiger partial charge on any atom is -0.385 e. The summed E-state index contributed by atoms with van der Waals surface area (Å²) in [5.74, 6) is 0. The summed E-state index contributed by atoms with van der Waals surface area (Å²) < 4.78 is 9.84. The maximum atomic E-state index is 4.94. The molecular weight excluding hydrogens is 276 g/mol. The first-order valence-corrected chi connectivity index (χ1v) is 7.44. The number of allylic oxidation sites excluding steroid dienone is 3. The highest BCUT2D eigenvalue weighted by molar-refractivity contribution is 5.29. The van der Waals surface area contributed by atoms with Crippen molar-refractivity contribution in [3.05, 3.63) is 54.5 Å². The number of hydrogen-bond acceptors (Lipinski definition) is 4. The van der Waals surface area contributed by atoms with Crippen LogP contribution in [0.25, 0.3) is 0 Å². The lowest BCUT2D eigenvalue weighted by molar-refractivity contribution is 0.195. The van der Waals surface area contributed by atoms with Crippen LogP contribution in [0.3, 0.4) is 0 Å². The van der Waals surface area contributed by atoms with Crippen molar-refractivity contribution < 1.29 is 9.47 Å². The number of pyridine rings is 1. The Morgan fingerprint density at radius 1 is 1.23 bits per heavy atom. The molecular formula is C18H28N2O2. The van der Waals surface area contributed by atoms with Gasteiger partial charge in [0.15, 0.2) is 0 Å². The fraction of sp³-hybridized carbons (Fsp3) is 0.444. The maximum absolute atomic E-state index is 4.94. The summed E-state index contributed by atoms with van der Waals surface area (Å²) in [4.78, 5) is 8.03. The summed E-state index contributed by atoms with van der Waals surface area (Å²) >= 11 is 0. The average molecular weight is 304 g/mol. The molecule has 0 bridgehead atoms. The predicted molar refractivity (Wildman–Crippen MR) is 93.4 cm³/mol. The lowest BCUT2D eigenvalue weighted by Gasteiger charge is -1.98. The van der Waals surface area contributed by atoms with Crippen LogP contribution in [0, 0.1) is 0 Å². The van der Waals surface area contributed by atoms with Crippen LogP contribution in [0.5, 0.6) is 0 Å². The number of methoxy groups -OCH3 is 2. The minimum absolute atomic E-state index is 0.768. The molecule has 0 saturated carbocycles. The lowest BCUT2D eigenvalue weighted by Crippen LogP contribution is -1.93. The van der Waals surface area contributed by atoms with Crippen LogP contribution in [0.15, 0.2) is 53.8 Å². The van der Waals surface area contributed by atoms with Crippen LogP contribution in [-0.2, 0) is 15.9 Å². The van der Waals surface area contributed by atoms with Gasteiger partial charge in [-0.2, -0.15) is 0 Å². The zero-order valence-corrected chi connectivity index (χ0v) is 13.8. The Morgan fingerprint density at radius 2 is 1.95 bits per heavy atom. The van der Waals surface area contributed by atoms with Crippen LogP contribution >= 0.6 is 0 Å². The smallest absolute Gasteiger partial charge is 0.0466 e. The summed E-state index contributed by atoms with van der Waals surface area (Å²) in [5.41, 5.74) is 2.11. The Hall–Kier alpha value is -1.78. The van der Waals surface area contributed by atoms with E-state index in [2.05, 4.69) is 23.3 Å². The molecule has 22 heavy (non-hydrogen) atoms. The van der Waals surface area contributed by atoms with Gasteiger partial charge >= 0.3 is 0 Å². The molecule has 0 saturated heterocycles. The molecule has 0 aliphatic heterocycles. The van der Waals surface area contributed by atoms with Gasteiger partial charge < -0.3 is 9.47 Å². The Morgan fingerprint density at radius 3 is 2.50 bits per heavy atom. The summed E-state index contributed by atoms with van der Waals surface area (Å²) in [7, 11) is 3.41. The van der Waals surface area contributed by atoms with E-state index in [0.717, 1.165) is 50.3 Å². The molecule has 1 heterocycles. The van der Waals surface area contributed by atoms with Crippen LogP contribution in [0.2, 0.25) is 0 Å². The van der Waals surface area contributed by atoms with Crippen LogP contribution < -0.4 is 0 Å². The molecule has 122 valence electrons. The SMILES string of the molecule is C=C/C=C(/CCCOC)N=C.COCCCc1ccccn1. The van der Waals surface area contributed by atoms with Crippen molar-refractivity contribution in [2.24, 2.45) is 4.99 Å². The van der Waals surface area contributed by atoms with Gasteiger partial charge in [0.25, 0.3) is 0 Å². The molecule has 0 spiro atoms. The van der Waals surface area contributed by atoms with E-state index in [1.165, 1.54) is 0 Å². The van der Waals surface area contributed by atoms with Crippen molar-refractivity contribution in [3.8, 4) is 0 Å². The van der Waals surface area contributed by atoms with Gasteiger partial charge in [0.05, 0.1) is 0 Å². The second kappa shape index (κ2) is 15.6. The van der Waals surface area contributed by atoms with Gasteiger partial charge in [-0.25, -0.2) is 0 Å². The Labute approximate surface area is 134 Å². The van der Waals surface area contributed by atoms with E-state index in [1.54, 1.807) is 20.3 Å². The van der Waals surface area contributed by atoms with Crippen molar-refractivity contribution in [2.45, 2.75) is 25.7 Å². The largest absolute Gasteiger partial charge is 0.385 e. The van der Waals surface area contributed by atoms with Gasteiger partial charge in [-0.1, -0.05) is 18.7 Å². The third kappa shape index (κ3) is 12.0. The monoisotopic (exact) mass is 304 g/mol. The molecule has 4 nitrogen and oxygen atoms in total. The number of aryl methyl sites for hydroxylation is 1. The topological polar surface area (TPSA) is 43.7 Å². The van der Waals surface area contributed by atoms with Crippen LogP contribution in [-0.4, -0.2) is 39.1 Å². The highest BCUT2D eigenvalue weighted by Crippen LogP contribution is 2.05. The quantitative estimate of drug-likeness (QED) is 0.375. The van der Waals surface area contributed by atoms with E-state index >= 15 is 0 Å². The normalized spacial score (nSPS) is 10.5. The Balaban J connectivity index is 0.000000401. The number of aliphatic imine (C=N–C) groups is 1. The first-order valence-electron chi connectivity index (χ1n) is 7.44. The third-order valence-electron chi connectivity index (χ3n) is 2.80. The molecule has 1 aromatic heterocycles. The van der Waals surface area contributed by atoms with E-state index in [1.807, 2.05) is 30.5 Å². The molecule has 0 aliphatic rings. The highest BCUT2D eigenvalue weighted by atomic mass is 16.5. The van der Waals surface area contributed by atoms with Crippen molar-refractivity contribution in [1.29, 1.82) is 0 Å². The van der Waals surface area contributed by atoms with Crippen LogP contribution in [0.4, 0.5) is 0 Å². The summed E-state index contributed by atoms with van der Waals surface area (Å²) in [6.07, 6.45) is 9.35. The van der Waals surface area contributed by atoms with Crippen LogP contribution in [0.1, 0.15) is 25.0 Å². The summed E-state index contributed by atoms with van der Waals surface area (Å²) in [6, 6.07) is 5.98. The standard InChI is InChI=1S/C9H13NO.C9H15NO/c1-11-8-4-6-9-5-2-3-7-10-9;1-4-6-9(10-2)7-5-8-11-3/h2-3,5,7H,4,6,8H2,1H3;4,6H,1-2,5,7-8H2,3H3/b;9-6-. The molecule has 0 radical (unpaired) electrons. The van der Waals surface area contributed by atoms with Gasteiger partial charge in [0.1, 0.15) is 0 Å². The lowest BCUT2D eigenvalue weighted by atomic mass is 10.2. The van der Waals surface area contributed by atoms with E-state index in [4.69, 9.17) is 9.47 Å². The fourth-order valence-electron chi connectivity index (χ4n) is 1.69. The molecule has 0 aliphatic carbocycles. The molecule has 1 rings (SSSR count). The van der Waals surface area contributed by atoms with E-state index in [-0.39, 0.29) is 0 Å². The van der Waals surface area contributed by atoms with Crippen molar-refractivity contribution in [3.63, 3.8) is 0 Å². The summed E-state index contributed by atoms with van der Waals surface area (Å²) in [5, 5.41) is 0. The number of ether oxygens (including phenoxy) is 2. The number of aromatic nitrogens is 1. The highest BCUT2D eigenvalue weighted by Gasteiger charge is 1.91. The molecule has 1 aromatic rings. The van der Waals surface area contributed by atoms with Crippen molar-refractivity contribution in [1.82, 2.24) is 4.98 Å². The number of rotatable bonds is 10. The number of nitrogens with zero attached hydrogens (tertiary/aromatic N) is 2. The van der Waals surface area contributed by atoms with E-state index in [9.17, 15) is 0 Å². The molecule has 0 atom stereocenters. The average Bonchev–Trinajstić information content (AvgIpc) is 2.56. The fourth-order valence-corrected chi connectivity index (χ4v) is 1.69. The van der Waals surface area contributed by atoms with Gasteiger partial charge in [0.2, 0.25) is 0 Å². The van der Waals surface area contributed by atoms with Gasteiger partial charge in [-0.05, 0) is 50.6 Å². The first-order chi connectivity index (χ1) is 10.8. The zero-order chi connectivity index (χ0) is 16.5. The molecule has 0 aromatic carbocycles. The Kier molecular flexibility index (Phi) is 14.3. The minimum atomic E-state index is 0.768. The third-order valence-corrected chi connectivity index (χ3v) is 2.80. The molecule has 0 unspecified atom stereocenters. The van der Waals surface area contributed by atoms with E-state index in [0.29, 0.717) is 0 Å². The molecule has 4 heteroatoms. The summed E-state index contributed by atoms with van der Waals surface area (Å²) in [6.45, 7) is 8.62. The maximum Gasteiger partial charge on any atom is 0.0466 e. The van der Waals surface area contributed by atoms with Gasteiger partial charge in [-0.3, -0.25) is 9.98 Å². The molecule has 0 N–H and O–H groups in total. The van der Waals surface area contributed by atoms with E-state index < -0.39 is 0 Å². The molecule has 0 amide bonds. The van der Waals surface area contributed by atoms with Crippen molar-refractivity contribution >= 4 is 6.72 Å². The second-order valence-corrected chi connectivity index (χ2v) is 4.57. The predicted octanol–water partition coefficient (Wildman–Crippen LogP) is 3.84. The second-order valence-electron chi connectivity index (χ2n) is 4.57. The molecule has 0 fully saturated rings. The number of hydrogen-bond donors (Lipinski definition) is 0. The Bertz CT molecular complexity index is 416. The van der Waals surface area contributed by atoms with Gasteiger partial charge in [0, 0.05) is 45.0 Å². The van der Waals surface area contributed by atoms with Gasteiger partial charge in [-0.15, -0.1) is 0 Å².